The van der Waals surface area contributed by atoms with Gasteiger partial charge in [-0.15, -0.1) is 0 Å². The average molecular weight is 348 g/mol. The third-order valence-corrected chi connectivity index (χ3v) is 3.35. The molecule has 1 unspecified atom stereocenters. The van der Waals surface area contributed by atoms with Gasteiger partial charge in [0, 0.05) is 23.4 Å². The zero-order chi connectivity index (χ0) is 17.5. The van der Waals surface area contributed by atoms with E-state index in [1.165, 1.54) is 7.05 Å². The molecule has 0 aliphatic rings. The van der Waals surface area contributed by atoms with Crippen LogP contribution in [0.2, 0.25) is 5.02 Å². The fourth-order valence-electron chi connectivity index (χ4n) is 1.87. The minimum absolute atomic E-state index is 0.290. The molecule has 24 heavy (non-hydrogen) atoms. The Labute approximate surface area is 145 Å². The first-order valence-corrected chi connectivity index (χ1v) is 7.67. The molecule has 0 aromatic heterocycles. The van der Waals surface area contributed by atoms with Gasteiger partial charge in [0.15, 0.2) is 6.10 Å². The molecule has 6 nitrogen and oxygen atoms in total. The highest BCUT2D eigenvalue weighted by atomic mass is 35.5. The molecule has 0 saturated carbocycles. The predicted octanol–water partition coefficient (Wildman–Crippen LogP) is 3.50. The largest absolute Gasteiger partial charge is 0.481 e. The molecule has 0 radical (unpaired) electrons. The van der Waals surface area contributed by atoms with Gasteiger partial charge in [-0.3, -0.25) is 4.79 Å². The number of carbonyl (C=O) groups is 2. The predicted molar refractivity (Wildman–Crippen MR) is 94.7 cm³/mol. The summed E-state index contributed by atoms with van der Waals surface area (Å²) in [6, 6.07) is 13.3. The Kier molecular flexibility index (Phi) is 6.03. The van der Waals surface area contributed by atoms with E-state index in [2.05, 4.69) is 16.0 Å². The minimum atomic E-state index is -0.688. The van der Waals surface area contributed by atoms with Gasteiger partial charge in [0.25, 0.3) is 5.91 Å². The summed E-state index contributed by atoms with van der Waals surface area (Å²) in [5.41, 5.74) is 1.22. The van der Waals surface area contributed by atoms with Gasteiger partial charge in [-0.1, -0.05) is 17.7 Å². The fraction of sp³-hybridized carbons (Fsp3) is 0.176. The number of hydrogen-bond donors (Lipinski definition) is 3. The second-order valence-electron chi connectivity index (χ2n) is 4.99. The maximum atomic E-state index is 12.2. The lowest BCUT2D eigenvalue weighted by molar-refractivity contribution is -0.122. The van der Waals surface area contributed by atoms with Crippen LogP contribution in [0.3, 0.4) is 0 Å². The lowest BCUT2D eigenvalue weighted by Crippen LogP contribution is -2.30. The highest BCUT2D eigenvalue weighted by molar-refractivity contribution is 6.30. The first-order chi connectivity index (χ1) is 11.5. The van der Waals surface area contributed by atoms with Crippen molar-refractivity contribution in [2.45, 2.75) is 13.0 Å². The van der Waals surface area contributed by atoms with Gasteiger partial charge in [-0.05, 0) is 49.4 Å². The van der Waals surface area contributed by atoms with Crippen LogP contribution in [0.1, 0.15) is 6.92 Å². The molecular formula is C17H18ClN3O3. The van der Waals surface area contributed by atoms with Crippen molar-refractivity contribution in [1.29, 1.82) is 0 Å². The topological polar surface area (TPSA) is 79.5 Å². The molecule has 2 rings (SSSR count). The fourth-order valence-corrected chi connectivity index (χ4v) is 2.05. The Balaban J connectivity index is 1.92. The van der Waals surface area contributed by atoms with E-state index in [1.54, 1.807) is 55.5 Å². The van der Waals surface area contributed by atoms with E-state index in [4.69, 9.17) is 16.3 Å². The number of ether oxygens (including phenoxy) is 1. The van der Waals surface area contributed by atoms with Crippen molar-refractivity contribution < 1.29 is 14.3 Å². The molecular weight excluding hydrogens is 330 g/mol. The maximum Gasteiger partial charge on any atom is 0.318 e. The average Bonchev–Trinajstić information content (AvgIpc) is 2.56. The van der Waals surface area contributed by atoms with Crippen LogP contribution in [-0.2, 0) is 4.79 Å². The number of carbonyl (C=O) groups excluding carboxylic acids is 2. The van der Waals surface area contributed by atoms with Crippen molar-refractivity contribution in [3.63, 3.8) is 0 Å². The van der Waals surface area contributed by atoms with Crippen LogP contribution < -0.4 is 20.7 Å². The monoisotopic (exact) mass is 347 g/mol. The van der Waals surface area contributed by atoms with Gasteiger partial charge >= 0.3 is 6.03 Å². The molecule has 1 atom stereocenters. The molecule has 0 heterocycles. The smallest absolute Gasteiger partial charge is 0.318 e. The van der Waals surface area contributed by atoms with E-state index in [1.807, 2.05) is 0 Å². The quantitative estimate of drug-likeness (QED) is 0.774. The van der Waals surface area contributed by atoms with Gasteiger partial charge in [-0.25, -0.2) is 4.79 Å². The standard InChI is InChI=1S/C17H18ClN3O3/c1-11(24-15-5-3-4-12(18)10-15)16(22)20-13-6-8-14(9-7-13)21-17(23)19-2/h3-11H,1-2H3,(H,20,22)(H2,19,21,23). The Bertz CT molecular complexity index is 719. The van der Waals surface area contributed by atoms with E-state index in [0.717, 1.165) is 0 Å². The summed E-state index contributed by atoms with van der Waals surface area (Å²) in [5.74, 6) is 0.234. The highest BCUT2D eigenvalue weighted by Crippen LogP contribution is 2.19. The van der Waals surface area contributed by atoms with Crippen molar-refractivity contribution in [3.8, 4) is 5.75 Å². The number of benzene rings is 2. The summed E-state index contributed by atoms with van der Waals surface area (Å²) in [5, 5.41) is 8.38. The molecule has 0 aliphatic heterocycles. The Morgan fingerprint density at radius 2 is 1.67 bits per heavy atom. The van der Waals surface area contributed by atoms with E-state index < -0.39 is 6.10 Å². The minimum Gasteiger partial charge on any atom is -0.481 e. The van der Waals surface area contributed by atoms with Crippen LogP contribution in [0.5, 0.6) is 5.75 Å². The SMILES string of the molecule is CNC(=O)Nc1ccc(NC(=O)C(C)Oc2cccc(Cl)c2)cc1. The zero-order valence-electron chi connectivity index (χ0n) is 13.3. The summed E-state index contributed by atoms with van der Waals surface area (Å²) in [4.78, 5) is 23.4. The first kappa shape index (κ1) is 17.6. The lowest BCUT2D eigenvalue weighted by atomic mass is 10.2. The summed E-state index contributed by atoms with van der Waals surface area (Å²) in [7, 11) is 1.53. The van der Waals surface area contributed by atoms with E-state index in [9.17, 15) is 9.59 Å². The summed E-state index contributed by atoms with van der Waals surface area (Å²) < 4.78 is 5.56. The van der Waals surface area contributed by atoms with Crippen LogP contribution in [0.15, 0.2) is 48.5 Å². The van der Waals surface area contributed by atoms with Crippen LogP contribution in [-0.4, -0.2) is 25.1 Å². The Morgan fingerprint density at radius 1 is 1.04 bits per heavy atom. The zero-order valence-corrected chi connectivity index (χ0v) is 14.1. The molecule has 0 fully saturated rings. The van der Waals surface area contributed by atoms with Gasteiger partial charge in [-0.2, -0.15) is 0 Å². The molecule has 0 saturated heterocycles. The van der Waals surface area contributed by atoms with Crippen LogP contribution in [0, 0.1) is 0 Å². The van der Waals surface area contributed by atoms with Crippen molar-refractivity contribution in [2.75, 3.05) is 17.7 Å². The van der Waals surface area contributed by atoms with Crippen molar-refractivity contribution in [3.05, 3.63) is 53.6 Å². The van der Waals surface area contributed by atoms with Gasteiger partial charge < -0.3 is 20.7 Å². The molecule has 126 valence electrons. The third-order valence-electron chi connectivity index (χ3n) is 3.12. The number of anilines is 2. The number of urea groups is 1. The first-order valence-electron chi connectivity index (χ1n) is 7.30. The van der Waals surface area contributed by atoms with Crippen LogP contribution in [0.4, 0.5) is 16.2 Å². The van der Waals surface area contributed by atoms with E-state index in [-0.39, 0.29) is 11.9 Å². The molecule has 3 N–H and O–H groups in total. The number of rotatable bonds is 5. The Morgan fingerprint density at radius 3 is 2.25 bits per heavy atom. The number of hydrogen-bond acceptors (Lipinski definition) is 3. The number of amides is 3. The maximum absolute atomic E-state index is 12.2. The van der Waals surface area contributed by atoms with Crippen molar-refractivity contribution in [1.82, 2.24) is 5.32 Å². The van der Waals surface area contributed by atoms with E-state index in [0.29, 0.717) is 22.1 Å². The summed E-state index contributed by atoms with van der Waals surface area (Å²) >= 11 is 5.88. The third kappa shape index (κ3) is 5.17. The molecule has 2 aromatic rings. The van der Waals surface area contributed by atoms with E-state index >= 15 is 0 Å². The summed E-state index contributed by atoms with van der Waals surface area (Å²) in [6.07, 6.45) is -0.688. The summed E-state index contributed by atoms with van der Waals surface area (Å²) in [6.45, 7) is 1.65. The number of nitrogens with one attached hydrogen (secondary N) is 3. The molecule has 0 bridgehead atoms. The second kappa shape index (κ2) is 8.21. The second-order valence-corrected chi connectivity index (χ2v) is 5.42. The number of halogens is 1. The van der Waals surface area contributed by atoms with Crippen molar-refractivity contribution in [2.24, 2.45) is 0 Å². The Hall–Kier alpha value is -2.73. The van der Waals surface area contributed by atoms with Gasteiger partial charge in [0.1, 0.15) is 5.75 Å². The highest BCUT2D eigenvalue weighted by Gasteiger charge is 2.15. The van der Waals surface area contributed by atoms with Crippen LogP contribution in [0.25, 0.3) is 0 Å². The van der Waals surface area contributed by atoms with Crippen molar-refractivity contribution >= 4 is 34.9 Å². The lowest BCUT2D eigenvalue weighted by Gasteiger charge is -2.15. The normalized spacial score (nSPS) is 11.3. The molecule has 0 aliphatic carbocycles. The van der Waals surface area contributed by atoms with Crippen LogP contribution >= 0.6 is 11.6 Å². The van der Waals surface area contributed by atoms with Gasteiger partial charge in [0.2, 0.25) is 0 Å². The molecule has 0 spiro atoms. The molecule has 3 amide bonds. The van der Waals surface area contributed by atoms with Gasteiger partial charge in [0.05, 0.1) is 0 Å². The molecule has 7 heteroatoms. The molecule has 2 aromatic carbocycles.